The normalized spacial score (nSPS) is 14.0. The number of carboxylic acid groups (broad SMARTS) is 1. The van der Waals surface area contributed by atoms with Gasteiger partial charge in [-0.05, 0) is 47.6 Å². The number of aromatic nitrogens is 1. The maximum atomic E-state index is 12.0. The van der Waals surface area contributed by atoms with E-state index in [2.05, 4.69) is 54.3 Å². The summed E-state index contributed by atoms with van der Waals surface area (Å²) in [5.74, 6) is 1.22. The predicted molar refractivity (Wildman–Crippen MR) is 161 cm³/mol. The second-order valence-corrected chi connectivity index (χ2v) is 10.4. The first kappa shape index (κ1) is 26.9. The minimum Gasteiger partial charge on any atom is -0.493 e. The van der Waals surface area contributed by atoms with Gasteiger partial charge in [0.05, 0.1) is 25.3 Å². The summed E-state index contributed by atoms with van der Waals surface area (Å²) in [6.45, 7) is 6.58. The SMILES string of the molecule is Cc1ccccc1-c1cccc2c1c(CN1CCOCC1)c(OC(=O)O)n2CCCOc1cccc2ccccc12. The Labute approximate surface area is 239 Å². The summed E-state index contributed by atoms with van der Waals surface area (Å²) in [6, 6.07) is 28.7. The quantitative estimate of drug-likeness (QED) is 0.156. The number of aryl methyl sites for hydroxylation is 2. The van der Waals surface area contributed by atoms with Crippen molar-refractivity contribution in [1.82, 2.24) is 9.47 Å². The van der Waals surface area contributed by atoms with Crippen LogP contribution in [0.2, 0.25) is 0 Å². The van der Waals surface area contributed by atoms with Crippen molar-refractivity contribution in [2.24, 2.45) is 0 Å². The van der Waals surface area contributed by atoms with Crippen molar-refractivity contribution in [2.75, 3.05) is 32.9 Å². The largest absolute Gasteiger partial charge is 0.512 e. The predicted octanol–water partition coefficient (Wildman–Crippen LogP) is 7.13. The van der Waals surface area contributed by atoms with Crippen LogP contribution in [0.4, 0.5) is 4.79 Å². The number of rotatable bonds is 9. The zero-order valence-corrected chi connectivity index (χ0v) is 23.2. The highest BCUT2D eigenvalue weighted by Gasteiger charge is 2.26. The number of carbonyl (C=O) groups is 1. The molecule has 5 aromatic rings. The molecular formula is C34H34N2O5. The third-order valence-corrected chi connectivity index (χ3v) is 7.78. The molecule has 41 heavy (non-hydrogen) atoms. The van der Waals surface area contributed by atoms with E-state index in [9.17, 15) is 9.90 Å². The highest BCUT2D eigenvalue weighted by atomic mass is 16.7. The highest BCUT2D eigenvalue weighted by molar-refractivity contribution is 6.00. The molecule has 210 valence electrons. The van der Waals surface area contributed by atoms with Crippen LogP contribution in [0.15, 0.2) is 84.9 Å². The Bertz CT molecular complexity index is 1680. The molecule has 0 spiro atoms. The van der Waals surface area contributed by atoms with E-state index in [0.717, 1.165) is 62.8 Å². The molecule has 1 aliphatic rings. The third-order valence-electron chi connectivity index (χ3n) is 7.78. The number of ether oxygens (including phenoxy) is 3. The van der Waals surface area contributed by atoms with Gasteiger partial charge in [-0.3, -0.25) is 4.90 Å². The number of hydrogen-bond donors (Lipinski definition) is 1. The fourth-order valence-corrected chi connectivity index (χ4v) is 5.84. The van der Waals surface area contributed by atoms with Gasteiger partial charge in [0.25, 0.3) is 0 Å². The molecule has 4 aromatic carbocycles. The highest BCUT2D eigenvalue weighted by Crippen LogP contribution is 2.41. The molecule has 0 amide bonds. The average molecular weight is 551 g/mol. The van der Waals surface area contributed by atoms with E-state index in [4.69, 9.17) is 14.2 Å². The molecule has 6 rings (SSSR count). The Morgan fingerprint density at radius 2 is 1.63 bits per heavy atom. The summed E-state index contributed by atoms with van der Waals surface area (Å²) >= 11 is 0. The average Bonchev–Trinajstić information content (AvgIpc) is 3.27. The smallest absolute Gasteiger partial charge is 0.493 e. The van der Waals surface area contributed by atoms with E-state index in [-0.39, 0.29) is 0 Å². The Hall–Kier alpha value is -4.33. The summed E-state index contributed by atoms with van der Waals surface area (Å²) in [5, 5.41) is 13.0. The zero-order valence-electron chi connectivity index (χ0n) is 23.2. The van der Waals surface area contributed by atoms with Crippen LogP contribution in [0.25, 0.3) is 32.8 Å². The van der Waals surface area contributed by atoms with Crippen LogP contribution in [-0.2, 0) is 17.8 Å². The van der Waals surface area contributed by atoms with E-state index < -0.39 is 6.16 Å². The lowest BCUT2D eigenvalue weighted by Gasteiger charge is -2.26. The summed E-state index contributed by atoms with van der Waals surface area (Å²) in [5.41, 5.74) is 5.20. The second-order valence-electron chi connectivity index (χ2n) is 10.4. The number of fused-ring (bicyclic) bond motifs is 2. The minimum atomic E-state index is -1.32. The van der Waals surface area contributed by atoms with Crippen LogP contribution in [0.5, 0.6) is 11.6 Å². The van der Waals surface area contributed by atoms with Gasteiger partial charge in [0.1, 0.15) is 5.75 Å². The summed E-state index contributed by atoms with van der Waals surface area (Å²) < 4.78 is 19.4. The fourth-order valence-electron chi connectivity index (χ4n) is 5.84. The standard InChI is InChI=1S/C34H34N2O5/c1-24-9-2-4-12-26(24)28-14-7-15-30-32(28)29(23-35-18-21-39-22-19-35)33(41-34(37)38)36(30)17-8-20-40-31-16-6-11-25-10-3-5-13-27(25)31/h2-7,9-16H,8,17-23H2,1H3,(H,37,38). The summed E-state index contributed by atoms with van der Waals surface area (Å²) in [6.07, 6.45) is -0.643. The topological polar surface area (TPSA) is 73.2 Å². The summed E-state index contributed by atoms with van der Waals surface area (Å²) in [7, 11) is 0. The van der Waals surface area contributed by atoms with Crippen molar-refractivity contribution in [3.05, 3.63) is 96.1 Å². The number of hydrogen-bond acceptors (Lipinski definition) is 5. The van der Waals surface area contributed by atoms with Gasteiger partial charge >= 0.3 is 6.16 Å². The number of benzene rings is 4. The molecule has 0 atom stereocenters. The summed E-state index contributed by atoms with van der Waals surface area (Å²) in [4.78, 5) is 14.3. The van der Waals surface area contributed by atoms with Gasteiger partial charge in [-0.15, -0.1) is 0 Å². The lowest BCUT2D eigenvalue weighted by Crippen LogP contribution is -2.35. The van der Waals surface area contributed by atoms with Crippen molar-refractivity contribution >= 4 is 27.8 Å². The van der Waals surface area contributed by atoms with Crippen LogP contribution >= 0.6 is 0 Å². The maximum absolute atomic E-state index is 12.0. The van der Waals surface area contributed by atoms with Gasteiger partial charge in [-0.25, -0.2) is 4.79 Å². The van der Waals surface area contributed by atoms with Crippen LogP contribution in [0, 0.1) is 6.92 Å². The minimum absolute atomic E-state index is 0.380. The van der Waals surface area contributed by atoms with Crippen LogP contribution in [0.1, 0.15) is 17.5 Å². The molecule has 1 saturated heterocycles. The maximum Gasteiger partial charge on any atom is 0.512 e. The van der Waals surface area contributed by atoms with E-state index in [0.29, 0.717) is 45.2 Å². The lowest BCUT2D eigenvalue weighted by atomic mass is 9.95. The fraction of sp³-hybridized carbons (Fsp3) is 0.265. The van der Waals surface area contributed by atoms with Crippen LogP contribution in [-0.4, -0.2) is 53.6 Å². The van der Waals surface area contributed by atoms with Gasteiger partial charge in [-0.1, -0.05) is 72.8 Å². The lowest BCUT2D eigenvalue weighted by molar-refractivity contribution is 0.0339. The molecular weight excluding hydrogens is 516 g/mol. The van der Waals surface area contributed by atoms with Gasteiger partial charge in [0, 0.05) is 42.5 Å². The molecule has 0 unspecified atom stereocenters. The molecule has 2 heterocycles. The van der Waals surface area contributed by atoms with Crippen molar-refractivity contribution in [1.29, 1.82) is 0 Å². The molecule has 0 bridgehead atoms. The molecule has 7 heteroatoms. The van der Waals surface area contributed by atoms with Crippen LogP contribution < -0.4 is 9.47 Å². The Morgan fingerprint density at radius 1 is 0.902 bits per heavy atom. The Balaban J connectivity index is 1.38. The van der Waals surface area contributed by atoms with Crippen molar-refractivity contribution in [2.45, 2.75) is 26.4 Å². The monoisotopic (exact) mass is 550 g/mol. The van der Waals surface area contributed by atoms with E-state index in [1.165, 1.54) is 0 Å². The second kappa shape index (κ2) is 12.0. The Morgan fingerprint density at radius 3 is 2.46 bits per heavy atom. The third kappa shape index (κ3) is 5.64. The van der Waals surface area contributed by atoms with Gasteiger partial charge in [-0.2, -0.15) is 0 Å². The molecule has 1 aliphatic heterocycles. The molecule has 7 nitrogen and oxygen atoms in total. The first-order chi connectivity index (χ1) is 20.1. The first-order valence-corrected chi connectivity index (χ1v) is 14.1. The van der Waals surface area contributed by atoms with E-state index in [1.807, 2.05) is 47.0 Å². The molecule has 1 N–H and O–H groups in total. The molecule has 0 aliphatic carbocycles. The Kier molecular flexibility index (Phi) is 7.89. The first-order valence-electron chi connectivity index (χ1n) is 14.1. The van der Waals surface area contributed by atoms with Gasteiger partial charge in [0.15, 0.2) is 0 Å². The zero-order chi connectivity index (χ0) is 28.2. The van der Waals surface area contributed by atoms with E-state index in [1.54, 1.807) is 0 Å². The van der Waals surface area contributed by atoms with Gasteiger partial charge in [0.2, 0.25) is 5.88 Å². The van der Waals surface area contributed by atoms with Crippen molar-refractivity contribution < 1.29 is 24.1 Å². The number of morpholine rings is 1. The van der Waals surface area contributed by atoms with Crippen molar-refractivity contribution in [3.8, 4) is 22.8 Å². The van der Waals surface area contributed by atoms with Crippen LogP contribution in [0.3, 0.4) is 0 Å². The van der Waals surface area contributed by atoms with Crippen molar-refractivity contribution in [3.63, 3.8) is 0 Å². The molecule has 1 aromatic heterocycles. The molecule has 1 fully saturated rings. The van der Waals surface area contributed by atoms with Gasteiger partial charge < -0.3 is 23.9 Å². The van der Waals surface area contributed by atoms with E-state index >= 15 is 0 Å². The molecule has 0 radical (unpaired) electrons. The molecule has 0 saturated carbocycles. The number of nitrogens with zero attached hydrogens (tertiary/aromatic N) is 2.